The van der Waals surface area contributed by atoms with E-state index in [1.54, 1.807) is 0 Å². The third-order valence-electron chi connectivity index (χ3n) is 9.27. The molecular formula is C25H40O2. The molecule has 0 aromatic carbocycles. The zero-order valence-electron chi connectivity index (χ0n) is 18.0. The molecule has 4 rings (SSSR count). The second-order valence-electron chi connectivity index (χ2n) is 11.4. The molecule has 1 N–H and O–H groups in total. The van der Waals surface area contributed by atoms with E-state index in [0.29, 0.717) is 17.1 Å². The first-order valence-corrected chi connectivity index (χ1v) is 11.6. The molecule has 7 atom stereocenters. The zero-order chi connectivity index (χ0) is 19.4. The lowest BCUT2D eigenvalue weighted by atomic mass is 9.50. The van der Waals surface area contributed by atoms with E-state index in [4.69, 9.17) is 0 Å². The van der Waals surface area contributed by atoms with Crippen LogP contribution in [-0.2, 0) is 4.79 Å². The third kappa shape index (κ3) is 3.56. The standard InChI is InChI=1S/C25H40O2/c1-16(11-13-24(2,3)27)22-9-10-23-21-7-5-17-15-18(26)6-8-19(17)20(21)12-14-25(22,23)4/h15-16,19-23,27H,5-14H2,1-4H3. The molecule has 0 aliphatic heterocycles. The molecule has 0 aromatic rings. The predicted molar refractivity (Wildman–Crippen MR) is 110 cm³/mol. The van der Waals surface area contributed by atoms with Crippen molar-refractivity contribution < 1.29 is 9.90 Å². The minimum absolute atomic E-state index is 0.377. The summed E-state index contributed by atoms with van der Waals surface area (Å²) in [6.45, 7) is 8.96. The quantitative estimate of drug-likeness (QED) is 0.664. The van der Waals surface area contributed by atoms with Gasteiger partial charge >= 0.3 is 0 Å². The number of hydrogen-bond acceptors (Lipinski definition) is 2. The van der Waals surface area contributed by atoms with Gasteiger partial charge in [-0.05, 0) is 119 Å². The zero-order valence-corrected chi connectivity index (χ0v) is 18.0. The highest BCUT2D eigenvalue weighted by molar-refractivity contribution is 5.91. The maximum absolute atomic E-state index is 11.9. The van der Waals surface area contributed by atoms with Gasteiger partial charge in [0.15, 0.2) is 5.78 Å². The Kier molecular flexibility index (Phi) is 5.11. The molecule has 3 saturated carbocycles. The second kappa shape index (κ2) is 7.01. The summed E-state index contributed by atoms with van der Waals surface area (Å²) in [4.78, 5) is 11.9. The number of carbonyl (C=O) groups excluding carboxylic acids is 1. The largest absolute Gasteiger partial charge is 0.390 e. The van der Waals surface area contributed by atoms with E-state index in [-0.39, 0.29) is 0 Å². The number of fused-ring (bicyclic) bond motifs is 5. The van der Waals surface area contributed by atoms with Crippen LogP contribution < -0.4 is 0 Å². The van der Waals surface area contributed by atoms with Crippen LogP contribution in [0, 0.1) is 40.9 Å². The molecule has 0 spiro atoms. The number of rotatable bonds is 4. The highest BCUT2D eigenvalue weighted by atomic mass is 16.3. The molecule has 2 heteroatoms. The summed E-state index contributed by atoms with van der Waals surface area (Å²) in [5, 5.41) is 10.2. The summed E-state index contributed by atoms with van der Waals surface area (Å²) in [6.07, 6.45) is 14.1. The van der Waals surface area contributed by atoms with Crippen LogP contribution >= 0.6 is 0 Å². The Morgan fingerprint density at radius 3 is 2.67 bits per heavy atom. The molecule has 152 valence electrons. The molecule has 7 unspecified atom stereocenters. The fourth-order valence-corrected chi connectivity index (χ4v) is 7.94. The lowest BCUT2D eigenvalue weighted by Crippen LogP contribution is -2.47. The molecule has 4 aliphatic rings. The molecule has 27 heavy (non-hydrogen) atoms. The van der Waals surface area contributed by atoms with Gasteiger partial charge in [0.1, 0.15) is 0 Å². The van der Waals surface area contributed by atoms with Gasteiger partial charge in [-0.25, -0.2) is 0 Å². The van der Waals surface area contributed by atoms with E-state index in [2.05, 4.69) is 13.8 Å². The highest BCUT2D eigenvalue weighted by Gasteiger charge is 2.56. The van der Waals surface area contributed by atoms with Gasteiger partial charge in [-0.1, -0.05) is 19.4 Å². The van der Waals surface area contributed by atoms with Crippen molar-refractivity contribution in [1.82, 2.24) is 0 Å². The number of allylic oxidation sites excluding steroid dienone is 1. The molecule has 4 aliphatic carbocycles. The Hall–Kier alpha value is -0.630. The maximum atomic E-state index is 11.9. The Morgan fingerprint density at radius 2 is 1.93 bits per heavy atom. The van der Waals surface area contributed by atoms with Crippen molar-refractivity contribution in [2.24, 2.45) is 40.9 Å². The smallest absolute Gasteiger partial charge is 0.155 e. The van der Waals surface area contributed by atoms with Gasteiger partial charge in [0.05, 0.1) is 5.60 Å². The SMILES string of the molecule is CC(CCC(C)(C)O)C1CCC2C3CCC4=CC(=O)CCC4C3CCC12C. The van der Waals surface area contributed by atoms with Gasteiger partial charge in [0.2, 0.25) is 0 Å². The number of ketones is 1. The van der Waals surface area contributed by atoms with Crippen LogP contribution in [0.4, 0.5) is 0 Å². The van der Waals surface area contributed by atoms with Gasteiger partial charge in [-0.3, -0.25) is 4.79 Å². The fraction of sp³-hybridized carbons (Fsp3) is 0.880. The van der Waals surface area contributed by atoms with Crippen molar-refractivity contribution in [3.8, 4) is 0 Å². The third-order valence-corrected chi connectivity index (χ3v) is 9.27. The highest BCUT2D eigenvalue weighted by Crippen LogP contribution is 2.65. The fourth-order valence-electron chi connectivity index (χ4n) is 7.94. The lowest BCUT2D eigenvalue weighted by molar-refractivity contribution is -0.116. The molecule has 2 nitrogen and oxygen atoms in total. The summed E-state index contributed by atoms with van der Waals surface area (Å²) in [6, 6.07) is 0. The van der Waals surface area contributed by atoms with Crippen LogP contribution in [-0.4, -0.2) is 16.5 Å². The normalized spacial score (nSPS) is 42.8. The molecule has 3 fully saturated rings. The molecular weight excluding hydrogens is 332 g/mol. The molecule has 0 bridgehead atoms. The molecule has 0 saturated heterocycles. The van der Waals surface area contributed by atoms with E-state index < -0.39 is 5.60 Å². The van der Waals surface area contributed by atoms with Crippen molar-refractivity contribution in [2.75, 3.05) is 0 Å². The second-order valence-corrected chi connectivity index (χ2v) is 11.4. The molecule has 0 amide bonds. The van der Waals surface area contributed by atoms with E-state index >= 15 is 0 Å². The van der Waals surface area contributed by atoms with Gasteiger partial charge < -0.3 is 5.11 Å². The van der Waals surface area contributed by atoms with E-state index in [1.165, 1.54) is 44.1 Å². The van der Waals surface area contributed by atoms with Gasteiger partial charge in [-0.15, -0.1) is 0 Å². The minimum Gasteiger partial charge on any atom is -0.390 e. The monoisotopic (exact) mass is 372 g/mol. The summed E-state index contributed by atoms with van der Waals surface area (Å²) >= 11 is 0. The first kappa shape index (κ1) is 19.7. The topological polar surface area (TPSA) is 37.3 Å². The maximum Gasteiger partial charge on any atom is 0.155 e. The van der Waals surface area contributed by atoms with Crippen LogP contribution in [0.25, 0.3) is 0 Å². The summed E-state index contributed by atoms with van der Waals surface area (Å²) < 4.78 is 0. The van der Waals surface area contributed by atoms with Crippen molar-refractivity contribution in [2.45, 2.75) is 97.5 Å². The Morgan fingerprint density at radius 1 is 1.15 bits per heavy atom. The molecule has 0 radical (unpaired) electrons. The first-order chi connectivity index (χ1) is 12.7. The number of hydrogen-bond donors (Lipinski definition) is 1. The predicted octanol–water partition coefficient (Wildman–Crippen LogP) is 5.93. The average molecular weight is 373 g/mol. The van der Waals surface area contributed by atoms with E-state index in [1.807, 2.05) is 19.9 Å². The first-order valence-electron chi connectivity index (χ1n) is 11.6. The van der Waals surface area contributed by atoms with Crippen LogP contribution in [0.1, 0.15) is 91.9 Å². The summed E-state index contributed by atoms with van der Waals surface area (Å²) in [5.41, 5.74) is 1.48. The van der Waals surface area contributed by atoms with Crippen molar-refractivity contribution in [3.63, 3.8) is 0 Å². The van der Waals surface area contributed by atoms with Crippen molar-refractivity contribution in [3.05, 3.63) is 11.6 Å². The molecule has 0 heterocycles. The Bertz CT molecular complexity index is 612. The van der Waals surface area contributed by atoms with Gasteiger partial charge in [0.25, 0.3) is 0 Å². The Labute approximate surface area is 166 Å². The minimum atomic E-state index is -0.532. The summed E-state index contributed by atoms with van der Waals surface area (Å²) in [5.74, 6) is 5.28. The van der Waals surface area contributed by atoms with E-state index in [0.717, 1.165) is 55.3 Å². The van der Waals surface area contributed by atoms with E-state index in [9.17, 15) is 9.90 Å². The number of aliphatic hydroxyl groups is 1. The van der Waals surface area contributed by atoms with Crippen LogP contribution in [0.5, 0.6) is 0 Å². The lowest BCUT2D eigenvalue weighted by Gasteiger charge is -2.54. The van der Waals surface area contributed by atoms with Crippen LogP contribution in [0.3, 0.4) is 0 Å². The van der Waals surface area contributed by atoms with Crippen LogP contribution in [0.2, 0.25) is 0 Å². The number of carbonyl (C=O) groups is 1. The van der Waals surface area contributed by atoms with Gasteiger partial charge in [0, 0.05) is 6.42 Å². The van der Waals surface area contributed by atoms with Crippen molar-refractivity contribution >= 4 is 5.78 Å². The Balaban J connectivity index is 1.48. The van der Waals surface area contributed by atoms with Gasteiger partial charge in [-0.2, -0.15) is 0 Å². The molecule has 0 aromatic heterocycles. The van der Waals surface area contributed by atoms with Crippen molar-refractivity contribution in [1.29, 1.82) is 0 Å². The summed E-state index contributed by atoms with van der Waals surface area (Å²) in [7, 11) is 0. The average Bonchev–Trinajstić information content (AvgIpc) is 2.96. The van der Waals surface area contributed by atoms with Crippen LogP contribution in [0.15, 0.2) is 11.6 Å².